The highest BCUT2D eigenvalue weighted by atomic mass is 32.1. The van der Waals surface area contributed by atoms with Gasteiger partial charge in [0, 0.05) is 12.2 Å². The summed E-state index contributed by atoms with van der Waals surface area (Å²) >= 11 is 1.02. The lowest BCUT2D eigenvalue weighted by molar-refractivity contribution is -0.115. The maximum absolute atomic E-state index is 12.7. The second kappa shape index (κ2) is 10.6. The molecule has 2 aromatic rings. The summed E-state index contributed by atoms with van der Waals surface area (Å²) in [5.41, 5.74) is 1.55. The molecule has 0 aliphatic carbocycles. The number of carbonyl (C=O) groups is 3. The Kier molecular flexibility index (Phi) is 8.21. The van der Waals surface area contributed by atoms with Crippen LogP contribution >= 0.6 is 11.3 Å². The van der Waals surface area contributed by atoms with Gasteiger partial charge in [-0.15, -0.1) is 11.3 Å². The summed E-state index contributed by atoms with van der Waals surface area (Å²) < 4.78 is 10.2. The maximum Gasteiger partial charge on any atom is 0.348 e. The first-order valence-electron chi connectivity index (χ1n) is 9.50. The van der Waals surface area contributed by atoms with Gasteiger partial charge in [-0.1, -0.05) is 18.2 Å². The Morgan fingerprint density at radius 3 is 2.21 bits per heavy atom. The van der Waals surface area contributed by atoms with Crippen LogP contribution in [0.15, 0.2) is 30.3 Å². The number of esters is 2. The fourth-order valence-corrected chi connectivity index (χ4v) is 3.91. The molecular formula is C21H26N2O5S. The maximum atomic E-state index is 12.7. The smallest absolute Gasteiger partial charge is 0.348 e. The van der Waals surface area contributed by atoms with Crippen LogP contribution in [0.3, 0.4) is 0 Å². The van der Waals surface area contributed by atoms with Crippen LogP contribution in [0.1, 0.15) is 46.4 Å². The van der Waals surface area contributed by atoms with E-state index in [1.165, 1.54) is 0 Å². The molecule has 1 aromatic carbocycles. The number of benzene rings is 1. The number of para-hydroxylation sites is 1. The van der Waals surface area contributed by atoms with Gasteiger partial charge in [0.2, 0.25) is 5.91 Å². The molecule has 0 atom stereocenters. The summed E-state index contributed by atoms with van der Waals surface area (Å²) in [4.78, 5) is 39.5. The standard InChI is InChI=1S/C21H26N2O5S/c1-5-23(15-11-9-8-10-12-15)13-16(24)22-19-17(20(25)27-6-2)14(4)18(29-19)21(26)28-7-3/h8-12H,5-7,13H2,1-4H3,(H,22,24). The Bertz CT molecular complexity index is 863. The minimum Gasteiger partial charge on any atom is -0.462 e. The van der Waals surface area contributed by atoms with E-state index in [-0.39, 0.29) is 41.1 Å². The molecule has 0 unspecified atom stereocenters. The van der Waals surface area contributed by atoms with Gasteiger partial charge in [-0.25, -0.2) is 9.59 Å². The third-order valence-corrected chi connectivity index (χ3v) is 5.36. The lowest BCUT2D eigenvalue weighted by Crippen LogP contribution is -2.33. The van der Waals surface area contributed by atoms with Crippen LogP contribution in [0.5, 0.6) is 0 Å². The fourth-order valence-electron chi connectivity index (χ4n) is 2.81. The van der Waals surface area contributed by atoms with Gasteiger partial charge < -0.3 is 19.7 Å². The monoisotopic (exact) mass is 418 g/mol. The summed E-state index contributed by atoms with van der Waals surface area (Å²) in [6, 6.07) is 9.57. The van der Waals surface area contributed by atoms with E-state index in [4.69, 9.17) is 9.47 Å². The Morgan fingerprint density at radius 1 is 1.00 bits per heavy atom. The molecule has 156 valence electrons. The molecule has 0 fully saturated rings. The predicted octanol–water partition coefficient (Wildman–Crippen LogP) is 3.87. The van der Waals surface area contributed by atoms with Gasteiger partial charge in [0.05, 0.1) is 25.3 Å². The molecule has 7 nitrogen and oxygen atoms in total. The number of anilines is 2. The number of hydrogen-bond acceptors (Lipinski definition) is 7. The first-order valence-corrected chi connectivity index (χ1v) is 10.3. The number of likely N-dealkylation sites (N-methyl/N-ethyl adjacent to an activating group) is 1. The molecule has 0 saturated heterocycles. The Balaban J connectivity index is 2.27. The van der Waals surface area contributed by atoms with Crippen molar-refractivity contribution in [1.29, 1.82) is 0 Å². The first-order chi connectivity index (χ1) is 13.9. The minimum absolute atomic E-state index is 0.106. The molecule has 1 aromatic heterocycles. The summed E-state index contributed by atoms with van der Waals surface area (Å²) in [5, 5.41) is 3.06. The number of carbonyl (C=O) groups excluding carboxylic acids is 3. The van der Waals surface area contributed by atoms with Crippen LogP contribution in [-0.2, 0) is 14.3 Å². The largest absolute Gasteiger partial charge is 0.462 e. The van der Waals surface area contributed by atoms with E-state index in [1.807, 2.05) is 42.2 Å². The van der Waals surface area contributed by atoms with Crippen molar-refractivity contribution in [2.24, 2.45) is 0 Å². The lowest BCUT2D eigenvalue weighted by atomic mass is 10.1. The SMILES string of the molecule is CCOC(=O)c1sc(NC(=O)CN(CC)c2ccccc2)c(C(=O)OCC)c1C. The van der Waals surface area contributed by atoms with E-state index in [1.54, 1.807) is 20.8 Å². The van der Waals surface area contributed by atoms with Crippen molar-refractivity contribution >= 4 is 39.9 Å². The molecule has 29 heavy (non-hydrogen) atoms. The molecule has 2 rings (SSSR count). The van der Waals surface area contributed by atoms with Crippen LogP contribution in [0.4, 0.5) is 10.7 Å². The van der Waals surface area contributed by atoms with E-state index in [0.717, 1.165) is 17.0 Å². The predicted molar refractivity (Wildman–Crippen MR) is 114 cm³/mol. The van der Waals surface area contributed by atoms with Crippen LogP contribution in [0, 0.1) is 6.92 Å². The van der Waals surface area contributed by atoms with Crippen molar-refractivity contribution in [3.63, 3.8) is 0 Å². The normalized spacial score (nSPS) is 10.3. The summed E-state index contributed by atoms with van der Waals surface area (Å²) in [7, 11) is 0. The quantitative estimate of drug-likeness (QED) is 0.622. The number of ether oxygens (including phenoxy) is 2. The van der Waals surface area contributed by atoms with Gasteiger partial charge in [0.25, 0.3) is 0 Å². The highest BCUT2D eigenvalue weighted by molar-refractivity contribution is 7.18. The summed E-state index contributed by atoms with van der Waals surface area (Å²) in [6.45, 7) is 8.16. The van der Waals surface area contributed by atoms with E-state index >= 15 is 0 Å². The van der Waals surface area contributed by atoms with Crippen LogP contribution in [0.2, 0.25) is 0 Å². The number of hydrogen-bond donors (Lipinski definition) is 1. The van der Waals surface area contributed by atoms with Gasteiger partial charge in [-0.3, -0.25) is 4.79 Å². The van der Waals surface area contributed by atoms with Crippen molar-refractivity contribution in [2.75, 3.05) is 36.5 Å². The zero-order valence-electron chi connectivity index (χ0n) is 17.1. The molecule has 0 spiro atoms. The highest BCUT2D eigenvalue weighted by Crippen LogP contribution is 2.34. The molecule has 0 aliphatic heterocycles. The Morgan fingerprint density at radius 2 is 1.62 bits per heavy atom. The van der Waals surface area contributed by atoms with E-state index in [2.05, 4.69) is 5.32 Å². The molecule has 0 radical (unpaired) electrons. The van der Waals surface area contributed by atoms with Gasteiger partial charge in [0.15, 0.2) is 0 Å². The van der Waals surface area contributed by atoms with Gasteiger partial charge >= 0.3 is 11.9 Å². The average molecular weight is 419 g/mol. The third kappa shape index (κ3) is 5.57. The molecule has 0 aliphatic rings. The molecule has 0 bridgehead atoms. The number of amides is 1. The summed E-state index contributed by atoms with van der Waals surface area (Å²) in [5.74, 6) is -1.40. The zero-order valence-corrected chi connectivity index (χ0v) is 17.9. The molecule has 1 heterocycles. The number of thiophene rings is 1. The Labute approximate surface area is 174 Å². The van der Waals surface area contributed by atoms with Crippen molar-refractivity contribution < 1.29 is 23.9 Å². The van der Waals surface area contributed by atoms with Crippen molar-refractivity contribution in [1.82, 2.24) is 0 Å². The second-order valence-electron chi connectivity index (χ2n) is 6.10. The lowest BCUT2D eigenvalue weighted by Gasteiger charge is -2.22. The van der Waals surface area contributed by atoms with Crippen molar-refractivity contribution in [2.45, 2.75) is 27.7 Å². The molecule has 1 amide bonds. The topological polar surface area (TPSA) is 84.9 Å². The highest BCUT2D eigenvalue weighted by Gasteiger charge is 2.27. The number of nitrogens with one attached hydrogen (secondary N) is 1. The first kappa shape index (κ1) is 22.4. The van der Waals surface area contributed by atoms with Crippen LogP contribution in [0.25, 0.3) is 0 Å². The molecule has 8 heteroatoms. The number of nitrogens with zero attached hydrogens (tertiary/aromatic N) is 1. The van der Waals surface area contributed by atoms with Crippen LogP contribution < -0.4 is 10.2 Å². The fraction of sp³-hybridized carbons (Fsp3) is 0.381. The Hall–Kier alpha value is -2.87. The molecule has 1 N–H and O–H groups in total. The summed E-state index contributed by atoms with van der Waals surface area (Å²) in [6.07, 6.45) is 0. The third-order valence-electron chi connectivity index (χ3n) is 4.18. The van der Waals surface area contributed by atoms with Gasteiger partial charge in [-0.05, 0) is 45.4 Å². The van der Waals surface area contributed by atoms with Crippen LogP contribution in [-0.4, -0.2) is 44.1 Å². The van der Waals surface area contributed by atoms with E-state index in [0.29, 0.717) is 12.1 Å². The van der Waals surface area contributed by atoms with Gasteiger partial charge in [0.1, 0.15) is 9.88 Å². The zero-order chi connectivity index (χ0) is 21.4. The average Bonchev–Trinajstić information content (AvgIpc) is 3.03. The van der Waals surface area contributed by atoms with Crippen molar-refractivity contribution in [3.05, 3.63) is 46.3 Å². The molecular weight excluding hydrogens is 392 g/mol. The second-order valence-corrected chi connectivity index (χ2v) is 7.12. The van der Waals surface area contributed by atoms with Crippen molar-refractivity contribution in [3.8, 4) is 0 Å². The minimum atomic E-state index is -0.581. The van der Waals surface area contributed by atoms with E-state index < -0.39 is 11.9 Å². The number of rotatable bonds is 9. The van der Waals surface area contributed by atoms with Gasteiger partial charge in [-0.2, -0.15) is 0 Å². The van der Waals surface area contributed by atoms with E-state index in [9.17, 15) is 14.4 Å². The molecule has 0 saturated carbocycles.